The first-order chi connectivity index (χ1) is 15.5. The number of hydrogen-bond donors (Lipinski definition) is 0. The van der Waals surface area contributed by atoms with E-state index in [1.165, 1.54) is 6.07 Å². The van der Waals surface area contributed by atoms with Gasteiger partial charge in [0, 0.05) is 42.2 Å². The van der Waals surface area contributed by atoms with Gasteiger partial charge in [-0.3, -0.25) is 4.98 Å². The Morgan fingerprint density at radius 1 is 1.03 bits per heavy atom. The van der Waals surface area contributed by atoms with Gasteiger partial charge in [-0.25, -0.2) is 8.96 Å². The van der Waals surface area contributed by atoms with Crippen molar-refractivity contribution in [2.45, 2.75) is 25.7 Å². The molecule has 2 aromatic carbocycles. The predicted octanol–water partition coefficient (Wildman–Crippen LogP) is 5.80. The lowest BCUT2D eigenvalue weighted by atomic mass is 9.93. The number of halogens is 1. The summed E-state index contributed by atoms with van der Waals surface area (Å²) in [5.74, 6) is -1.52. The van der Waals surface area contributed by atoms with Gasteiger partial charge in [-0.15, -0.1) is 0 Å². The molecule has 5 aromatic rings. The Morgan fingerprint density at radius 2 is 1.84 bits per heavy atom. The minimum atomic E-state index is -1.13. The quantitative estimate of drug-likeness (QED) is 0.344. The highest BCUT2D eigenvalue weighted by Gasteiger charge is 2.30. The molecule has 152 valence electrons. The van der Waals surface area contributed by atoms with Crippen molar-refractivity contribution >= 4 is 21.9 Å². The molecule has 0 bridgehead atoms. The van der Waals surface area contributed by atoms with Crippen molar-refractivity contribution < 1.29 is 14.7 Å². The highest BCUT2D eigenvalue weighted by atomic mass is 19.1. The van der Waals surface area contributed by atoms with Gasteiger partial charge in [0.1, 0.15) is 24.0 Å². The number of rotatable bonds is 2. The van der Waals surface area contributed by atoms with E-state index in [2.05, 4.69) is 28.6 Å². The van der Waals surface area contributed by atoms with Crippen molar-refractivity contribution in [2.24, 2.45) is 7.05 Å². The second-order valence-corrected chi connectivity index (χ2v) is 8.33. The Bertz CT molecular complexity index is 1510. The first-order valence-corrected chi connectivity index (χ1v) is 10.5. The van der Waals surface area contributed by atoms with E-state index in [-0.39, 0.29) is 0 Å². The van der Waals surface area contributed by atoms with E-state index in [0.717, 1.165) is 44.3 Å². The second kappa shape index (κ2) is 6.74. The lowest BCUT2D eigenvalue weighted by Gasteiger charge is -2.11. The van der Waals surface area contributed by atoms with Crippen LogP contribution in [0, 0.1) is 12.7 Å². The van der Waals surface area contributed by atoms with Crippen LogP contribution in [0.1, 0.15) is 29.5 Å². The van der Waals surface area contributed by atoms with Gasteiger partial charge in [0.25, 0.3) is 0 Å². The maximum atomic E-state index is 15.3. The maximum absolute atomic E-state index is 15.3. The largest absolute Gasteiger partial charge is 0.455 e. The summed E-state index contributed by atoms with van der Waals surface area (Å²) in [7, 11) is 2.00. The summed E-state index contributed by atoms with van der Waals surface area (Å²) in [5.41, 5.74) is 6.69. The number of hydrogen-bond acceptors (Lipinski definition) is 2. The van der Waals surface area contributed by atoms with Crippen molar-refractivity contribution in [1.29, 1.82) is 0 Å². The molecule has 4 heteroatoms. The molecule has 1 aliphatic carbocycles. The number of aryl methyl sites for hydroxylation is 2. The van der Waals surface area contributed by atoms with Crippen LogP contribution < -0.4 is 4.57 Å². The molecule has 3 nitrogen and oxygen atoms in total. The SMILES string of the molecule is [2H]C1(c2c(F)ccc3c2oc2c(-c4cccc[n+]4C)c(C)ccc23)Cc2ccncc2C1. The number of furan rings is 1. The molecule has 0 amide bonds. The molecule has 0 spiro atoms. The third kappa shape index (κ3) is 2.71. The molecule has 1 unspecified atom stereocenters. The van der Waals surface area contributed by atoms with E-state index in [1.807, 2.05) is 37.5 Å². The van der Waals surface area contributed by atoms with Gasteiger partial charge < -0.3 is 4.42 Å². The van der Waals surface area contributed by atoms with Crippen LogP contribution in [0.25, 0.3) is 33.2 Å². The molecule has 0 radical (unpaired) electrons. The van der Waals surface area contributed by atoms with Crippen LogP contribution in [0.15, 0.2) is 71.5 Å². The number of aromatic nitrogens is 2. The molecule has 3 heterocycles. The summed E-state index contributed by atoms with van der Waals surface area (Å²) in [5, 5.41) is 1.78. The van der Waals surface area contributed by atoms with Crippen molar-refractivity contribution in [3.8, 4) is 11.3 Å². The molecule has 0 fully saturated rings. The lowest BCUT2D eigenvalue weighted by molar-refractivity contribution is -0.660. The van der Waals surface area contributed by atoms with E-state index in [9.17, 15) is 1.37 Å². The van der Waals surface area contributed by atoms with Crippen LogP contribution in [0.3, 0.4) is 0 Å². The molecular weight excluding hydrogens is 387 g/mol. The van der Waals surface area contributed by atoms with Gasteiger partial charge in [-0.2, -0.15) is 0 Å². The number of fused-ring (bicyclic) bond motifs is 4. The first-order valence-electron chi connectivity index (χ1n) is 11.0. The third-order valence-corrected chi connectivity index (χ3v) is 6.44. The molecule has 0 saturated heterocycles. The van der Waals surface area contributed by atoms with Crippen molar-refractivity contribution in [1.82, 2.24) is 4.98 Å². The number of pyridine rings is 2. The maximum Gasteiger partial charge on any atom is 0.216 e. The summed E-state index contributed by atoms with van der Waals surface area (Å²) in [6, 6.07) is 15.3. The Kier molecular flexibility index (Phi) is 3.74. The van der Waals surface area contributed by atoms with Crippen LogP contribution in [0.2, 0.25) is 0 Å². The zero-order chi connectivity index (χ0) is 22.0. The average molecular weight is 410 g/mol. The van der Waals surface area contributed by atoms with Crippen LogP contribution >= 0.6 is 0 Å². The first kappa shape index (κ1) is 17.2. The van der Waals surface area contributed by atoms with Gasteiger partial charge in [0.2, 0.25) is 5.69 Å². The normalized spacial score (nSPS) is 18.5. The van der Waals surface area contributed by atoms with Crippen LogP contribution in [0.4, 0.5) is 4.39 Å². The monoisotopic (exact) mass is 410 g/mol. The Labute approximate surface area is 181 Å². The van der Waals surface area contributed by atoms with Crippen LogP contribution in [-0.4, -0.2) is 4.98 Å². The lowest BCUT2D eigenvalue weighted by Crippen LogP contribution is -2.30. The van der Waals surface area contributed by atoms with Crippen molar-refractivity contribution in [2.75, 3.05) is 0 Å². The Balaban J connectivity index is 1.65. The Morgan fingerprint density at radius 3 is 2.68 bits per heavy atom. The summed E-state index contributed by atoms with van der Waals surface area (Å²) in [6.07, 6.45) is 6.39. The molecule has 0 aliphatic heterocycles. The minimum Gasteiger partial charge on any atom is -0.455 e. The zero-order valence-electron chi connectivity index (χ0n) is 18.4. The van der Waals surface area contributed by atoms with Gasteiger partial charge in [0.05, 0.1) is 5.56 Å². The fraction of sp³-hybridized carbons (Fsp3) is 0.185. The van der Waals surface area contributed by atoms with Gasteiger partial charge in [0.15, 0.2) is 6.20 Å². The van der Waals surface area contributed by atoms with Crippen molar-refractivity contribution in [3.05, 3.63) is 95.2 Å². The molecule has 31 heavy (non-hydrogen) atoms. The van der Waals surface area contributed by atoms with Crippen molar-refractivity contribution in [3.63, 3.8) is 0 Å². The van der Waals surface area contributed by atoms with Crippen LogP contribution in [-0.2, 0) is 19.9 Å². The fourth-order valence-corrected chi connectivity index (χ4v) is 4.90. The van der Waals surface area contributed by atoms with E-state index in [1.54, 1.807) is 18.5 Å². The predicted molar refractivity (Wildman–Crippen MR) is 119 cm³/mol. The van der Waals surface area contributed by atoms with Gasteiger partial charge in [-0.1, -0.05) is 12.1 Å². The smallest absolute Gasteiger partial charge is 0.216 e. The standard InChI is InChI=1S/C27H22FN2O/c1-16-6-7-20-21-8-9-22(28)25(18-13-17-10-11-29-15-19(17)14-18)27(21)31-26(20)24(16)23-5-3-4-12-30(23)2/h3-12,15,18H,13-14H2,1-2H3/q+1/i18D. The van der Waals surface area contributed by atoms with Gasteiger partial charge in [-0.05, 0) is 66.6 Å². The summed E-state index contributed by atoms with van der Waals surface area (Å²) in [4.78, 5) is 4.20. The van der Waals surface area contributed by atoms with Crippen LogP contribution in [0.5, 0.6) is 0 Å². The highest BCUT2D eigenvalue weighted by molar-refractivity contribution is 6.10. The summed E-state index contributed by atoms with van der Waals surface area (Å²) in [6.45, 7) is 2.06. The molecular formula is C27H22FN2O+. The van der Waals surface area contributed by atoms with E-state index < -0.39 is 11.7 Å². The molecule has 6 rings (SSSR count). The molecule has 1 atom stereocenters. The number of nitrogens with zero attached hydrogens (tertiary/aromatic N) is 2. The van der Waals surface area contributed by atoms with E-state index >= 15 is 4.39 Å². The molecule has 1 aliphatic rings. The average Bonchev–Trinajstić information content (AvgIpc) is 3.31. The fourth-order valence-electron chi connectivity index (χ4n) is 4.90. The molecule has 0 saturated carbocycles. The van der Waals surface area contributed by atoms with Gasteiger partial charge >= 0.3 is 0 Å². The topological polar surface area (TPSA) is 29.9 Å². The zero-order valence-corrected chi connectivity index (χ0v) is 17.4. The Hall–Kier alpha value is -3.53. The summed E-state index contributed by atoms with van der Waals surface area (Å²) < 4.78 is 33.1. The molecule has 3 aromatic heterocycles. The third-order valence-electron chi connectivity index (χ3n) is 6.44. The molecule has 0 N–H and O–H groups in total. The minimum absolute atomic E-state index is 0.337. The number of benzene rings is 2. The highest BCUT2D eigenvalue weighted by Crippen LogP contribution is 2.43. The summed E-state index contributed by atoms with van der Waals surface area (Å²) >= 11 is 0. The second-order valence-electron chi connectivity index (χ2n) is 8.33. The van der Waals surface area contributed by atoms with E-state index in [4.69, 9.17) is 4.42 Å². The van der Waals surface area contributed by atoms with E-state index in [0.29, 0.717) is 24.0 Å².